The maximum atomic E-state index is 13.1. The van der Waals surface area contributed by atoms with Crippen LogP contribution in [-0.2, 0) is 4.79 Å². The Morgan fingerprint density at radius 2 is 1.60 bits per heavy atom. The Balaban J connectivity index is 1.82. The molecule has 1 heterocycles. The molecule has 1 atom stereocenters. The van der Waals surface area contributed by atoms with Crippen molar-refractivity contribution in [3.63, 3.8) is 0 Å². The lowest BCUT2D eigenvalue weighted by Crippen LogP contribution is -2.36. The normalized spacial score (nSPS) is 12.3. The number of hydrogen-bond donors (Lipinski definition) is 2. The molecule has 5 heteroatoms. The number of benzene rings is 2. The Morgan fingerprint density at radius 3 is 2.17 bits per heavy atom. The van der Waals surface area contributed by atoms with Gasteiger partial charge in [0.25, 0.3) is 11.8 Å². The van der Waals surface area contributed by atoms with Gasteiger partial charge in [-0.1, -0.05) is 54.4 Å². The average Bonchev–Trinajstić information content (AvgIpc) is 3.25. The van der Waals surface area contributed by atoms with E-state index in [2.05, 4.69) is 10.6 Å². The van der Waals surface area contributed by atoms with Crippen molar-refractivity contribution in [3.8, 4) is 0 Å². The monoisotopic (exact) mass is 402 g/mol. The highest BCUT2D eigenvalue weighted by molar-refractivity contribution is 6.05. The first kappa shape index (κ1) is 21.1. The van der Waals surface area contributed by atoms with Crippen LogP contribution in [0.1, 0.15) is 52.2 Å². The molecule has 0 saturated carbocycles. The van der Waals surface area contributed by atoms with Crippen molar-refractivity contribution in [1.82, 2.24) is 10.6 Å². The Kier molecular flexibility index (Phi) is 6.86. The fraction of sp³-hybridized carbons (Fsp3) is 0.200. The minimum atomic E-state index is -0.376. The third-order valence-electron chi connectivity index (χ3n) is 4.83. The highest BCUT2D eigenvalue weighted by Gasteiger charge is 2.19. The van der Waals surface area contributed by atoms with Crippen molar-refractivity contribution in [1.29, 1.82) is 0 Å². The highest BCUT2D eigenvalue weighted by Crippen LogP contribution is 2.18. The van der Waals surface area contributed by atoms with E-state index in [0.717, 1.165) is 23.1 Å². The van der Waals surface area contributed by atoms with Gasteiger partial charge in [0.1, 0.15) is 11.5 Å². The third-order valence-corrected chi connectivity index (χ3v) is 4.83. The van der Waals surface area contributed by atoms with E-state index >= 15 is 0 Å². The van der Waals surface area contributed by atoms with Gasteiger partial charge in [-0.3, -0.25) is 9.59 Å². The molecule has 0 radical (unpaired) electrons. The van der Waals surface area contributed by atoms with E-state index in [1.807, 2.05) is 57.2 Å². The van der Waals surface area contributed by atoms with Crippen LogP contribution < -0.4 is 10.6 Å². The summed E-state index contributed by atoms with van der Waals surface area (Å²) in [5.74, 6) is -0.252. The van der Waals surface area contributed by atoms with Crippen LogP contribution in [0.5, 0.6) is 0 Å². The second kappa shape index (κ2) is 9.74. The first-order valence-corrected chi connectivity index (χ1v) is 9.97. The maximum Gasteiger partial charge on any atom is 0.268 e. The predicted molar refractivity (Wildman–Crippen MR) is 118 cm³/mol. The lowest BCUT2D eigenvalue weighted by molar-refractivity contribution is -0.118. The Labute approximate surface area is 176 Å². The molecule has 2 aromatic carbocycles. The molecule has 0 spiro atoms. The summed E-state index contributed by atoms with van der Waals surface area (Å²) in [4.78, 5) is 25.8. The Morgan fingerprint density at radius 1 is 0.967 bits per heavy atom. The van der Waals surface area contributed by atoms with Crippen molar-refractivity contribution in [2.24, 2.45) is 0 Å². The van der Waals surface area contributed by atoms with Gasteiger partial charge in [-0.2, -0.15) is 0 Å². The zero-order valence-corrected chi connectivity index (χ0v) is 17.4. The molecular weight excluding hydrogens is 376 g/mol. The van der Waals surface area contributed by atoms with Crippen molar-refractivity contribution in [3.05, 3.63) is 101 Å². The van der Waals surface area contributed by atoms with Crippen molar-refractivity contribution < 1.29 is 14.0 Å². The van der Waals surface area contributed by atoms with E-state index in [4.69, 9.17) is 4.42 Å². The number of rotatable bonds is 7. The Hall–Kier alpha value is -3.60. The molecule has 30 heavy (non-hydrogen) atoms. The fourth-order valence-corrected chi connectivity index (χ4v) is 3.03. The largest absolute Gasteiger partial charge is 0.465 e. The quantitative estimate of drug-likeness (QED) is 0.550. The lowest BCUT2D eigenvalue weighted by atomic mass is 10.0. The van der Waals surface area contributed by atoms with Crippen molar-refractivity contribution >= 4 is 17.9 Å². The van der Waals surface area contributed by atoms with E-state index in [-0.39, 0.29) is 23.6 Å². The maximum absolute atomic E-state index is 13.1. The van der Waals surface area contributed by atoms with Crippen LogP contribution in [0.25, 0.3) is 6.08 Å². The van der Waals surface area contributed by atoms with E-state index in [9.17, 15) is 9.59 Å². The zero-order valence-electron chi connectivity index (χ0n) is 17.4. The molecule has 0 saturated heterocycles. The van der Waals surface area contributed by atoms with Gasteiger partial charge in [-0.15, -0.1) is 0 Å². The van der Waals surface area contributed by atoms with E-state index < -0.39 is 0 Å². The third kappa shape index (κ3) is 5.47. The minimum Gasteiger partial charge on any atom is -0.465 e. The summed E-state index contributed by atoms with van der Waals surface area (Å²) in [6, 6.07) is 18.5. The van der Waals surface area contributed by atoms with Crippen LogP contribution in [0.2, 0.25) is 0 Å². The van der Waals surface area contributed by atoms with Crippen LogP contribution in [0.3, 0.4) is 0 Å². The molecule has 154 valence electrons. The molecule has 0 unspecified atom stereocenters. The molecule has 1 aromatic heterocycles. The van der Waals surface area contributed by atoms with E-state index in [0.29, 0.717) is 11.3 Å². The average molecular weight is 402 g/mol. The topological polar surface area (TPSA) is 71.3 Å². The van der Waals surface area contributed by atoms with Gasteiger partial charge in [0, 0.05) is 11.6 Å². The molecule has 0 aliphatic heterocycles. The molecular formula is C25H26N2O3. The van der Waals surface area contributed by atoms with E-state index in [1.165, 1.54) is 12.3 Å². The van der Waals surface area contributed by atoms with Crippen LogP contribution in [0.4, 0.5) is 0 Å². The van der Waals surface area contributed by atoms with Crippen LogP contribution in [0.15, 0.2) is 77.0 Å². The molecule has 5 nitrogen and oxygen atoms in total. The van der Waals surface area contributed by atoms with Gasteiger partial charge < -0.3 is 15.1 Å². The molecule has 2 N–H and O–H groups in total. The predicted octanol–water partition coefficient (Wildman–Crippen LogP) is 4.93. The summed E-state index contributed by atoms with van der Waals surface area (Å²) < 4.78 is 5.34. The second-order valence-electron chi connectivity index (χ2n) is 7.24. The fourth-order valence-electron chi connectivity index (χ4n) is 3.03. The van der Waals surface area contributed by atoms with Gasteiger partial charge in [-0.25, -0.2) is 0 Å². The van der Waals surface area contributed by atoms with Crippen molar-refractivity contribution in [2.45, 2.75) is 33.2 Å². The number of nitrogens with one attached hydrogen (secondary N) is 2. The lowest BCUT2D eigenvalue weighted by Gasteiger charge is -2.19. The molecule has 3 rings (SSSR count). The van der Waals surface area contributed by atoms with E-state index in [1.54, 1.807) is 24.3 Å². The van der Waals surface area contributed by atoms with Gasteiger partial charge in [0.2, 0.25) is 0 Å². The smallest absolute Gasteiger partial charge is 0.268 e. The molecule has 0 bridgehead atoms. The Bertz CT molecular complexity index is 1020. The number of amides is 2. The van der Waals surface area contributed by atoms with Crippen molar-refractivity contribution in [2.75, 3.05) is 0 Å². The summed E-state index contributed by atoms with van der Waals surface area (Å²) in [5, 5.41) is 5.75. The standard InChI is InChI=1S/C25H26N2O3/c1-4-22(19-11-7-17(2)8-12-19)26-25(29)23(16-21-6-5-15-30-21)27-24(28)20-13-9-18(3)10-14-20/h5-16,22H,4H2,1-3H3,(H,26,29)(H,27,28)/b23-16-/t22-/m0/s1. The molecule has 3 aromatic rings. The number of carbonyl (C=O) groups excluding carboxylic acids is 2. The minimum absolute atomic E-state index is 0.126. The summed E-state index contributed by atoms with van der Waals surface area (Å²) in [6.45, 7) is 5.98. The zero-order chi connectivity index (χ0) is 21.5. The summed E-state index contributed by atoms with van der Waals surface area (Å²) in [5.41, 5.74) is 3.83. The van der Waals surface area contributed by atoms with Gasteiger partial charge in [0.15, 0.2) is 0 Å². The SMILES string of the molecule is CC[C@H](NC(=O)/C(=C/c1ccco1)NC(=O)c1ccc(C)cc1)c1ccc(C)cc1. The van der Waals surface area contributed by atoms with Crippen LogP contribution in [-0.4, -0.2) is 11.8 Å². The first-order chi connectivity index (χ1) is 14.5. The number of furan rings is 1. The van der Waals surface area contributed by atoms with Gasteiger partial charge in [0.05, 0.1) is 12.3 Å². The molecule has 0 fully saturated rings. The van der Waals surface area contributed by atoms with Crippen LogP contribution >= 0.6 is 0 Å². The number of hydrogen-bond acceptors (Lipinski definition) is 3. The number of aryl methyl sites for hydroxylation is 2. The highest BCUT2D eigenvalue weighted by atomic mass is 16.3. The second-order valence-corrected chi connectivity index (χ2v) is 7.24. The first-order valence-electron chi connectivity index (χ1n) is 9.97. The molecule has 0 aliphatic rings. The molecule has 0 aliphatic carbocycles. The number of carbonyl (C=O) groups is 2. The van der Waals surface area contributed by atoms with Crippen LogP contribution in [0, 0.1) is 13.8 Å². The van der Waals surface area contributed by atoms with Gasteiger partial charge in [-0.05, 0) is 50.1 Å². The summed E-state index contributed by atoms with van der Waals surface area (Å²) in [7, 11) is 0. The summed E-state index contributed by atoms with van der Waals surface area (Å²) >= 11 is 0. The summed E-state index contributed by atoms with van der Waals surface area (Å²) in [6.07, 6.45) is 3.77. The molecule has 2 amide bonds. The van der Waals surface area contributed by atoms with Gasteiger partial charge >= 0.3 is 0 Å².